The van der Waals surface area contributed by atoms with Gasteiger partial charge in [0.15, 0.2) is 0 Å². The predicted molar refractivity (Wildman–Crippen MR) is 71.7 cm³/mol. The summed E-state index contributed by atoms with van der Waals surface area (Å²) >= 11 is 0. The van der Waals surface area contributed by atoms with Crippen LogP contribution in [0.3, 0.4) is 0 Å². The van der Waals surface area contributed by atoms with Crippen LogP contribution in [0.4, 0.5) is 4.79 Å². The van der Waals surface area contributed by atoms with E-state index in [0.29, 0.717) is 0 Å². The van der Waals surface area contributed by atoms with Crippen molar-refractivity contribution in [3.05, 3.63) is 11.0 Å². The molecule has 0 fully saturated rings. The van der Waals surface area contributed by atoms with E-state index in [1.54, 1.807) is 27.7 Å². The molecule has 8 heteroatoms. The average molecular weight is 285 g/mol. The number of nitrogens with zero attached hydrogens (tertiary/aromatic N) is 1. The predicted octanol–water partition coefficient (Wildman–Crippen LogP) is 0.109. The Labute approximate surface area is 118 Å². The molecule has 20 heavy (non-hydrogen) atoms. The van der Waals surface area contributed by atoms with Gasteiger partial charge in [-0.3, -0.25) is 0 Å². The van der Waals surface area contributed by atoms with Gasteiger partial charge in [0.1, 0.15) is 5.60 Å². The zero-order valence-corrected chi connectivity index (χ0v) is 12.2. The lowest BCUT2D eigenvalue weighted by Crippen LogP contribution is -2.36. The molecule has 0 aromatic rings. The van der Waals surface area contributed by atoms with Gasteiger partial charge >= 0.3 is 19.2 Å². The molecule has 0 saturated carbocycles. The third-order valence-corrected chi connectivity index (χ3v) is 2.58. The number of hydrogen-bond acceptors (Lipinski definition) is 6. The van der Waals surface area contributed by atoms with Gasteiger partial charge in [-0.15, -0.1) is 0 Å². The molecule has 0 bridgehead atoms. The Hall–Kier alpha value is -1.54. The standard InChI is InChI=1S/C12H20BNO6/c1-5-19-10(15)8-6-14(7-9(8)13(17)18)11(16)20-12(2,3)4/h17-18H,5-7H2,1-4H3. The Kier molecular flexibility index (Phi) is 5.18. The topological polar surface area (TPSA) is 96.3 Å². The van der Waals surface area contributed by atoms with Crippen LogP contribution in [0.1, 0.15) is 27.7 Å². The minimum Gasteiger partial charge on any atom is -0.463 e. The molecular formula is C12H20BNO6. The van der Waals surface area contributed by atoms with Crippen LogP contribution in [0, 0.1) is 0 Å². The first-order valence-electron chi connectivity index (χ1n) is 6.38. The third kappa shape index (κ3) is 4.24. The van der Waals surface area contributed by atoms with Crippen LogP contribution in [-0.4, -0.2) is 59.4 Å². The van der Waals surface area contributed by atoms with Crippen LogP contribution in [-0.2, 0) is 14.3 Å². The van der Waals surface area contributed by atoms with Gasteiger partial charge in [-0.05, 0) is 33.2 Å². The van der Waals surface area contributed by atoms with Gasteiger partial charge in [0, 0.05) is 6.54 Å². The molecular weight excluding hydrogens is 265 g/mol. The smallest absolute Gasteiger partial charge is 0.463 e. The first-order valence-corrected chi connectivity index (χ1v) is 6.38. The highest BCUT2D eigenvalue weighted by molar-refractivity contribution is 6.52. The fourth-order valence-corrected chi connectivity index (χ4v) is 1.76. The van der Waals surface area contributed by atoms with Crippen molar-refractivity contribution in [1.29, 1.82) is 0 Å². The van der Waals surface area contributed by atoms with E-state index in [1.165, 1.54) is 4.90 Å². The minimum absolute atomic E-state index is 0.0549. The number of carbonyl (C=O) groups is 2. The second-order valence-electron chi connectivity index (χ2n) is 5.43. The molecule has 0 aromatic carbocycles. The van der Waals surface area contributed by atoms with Crippen molar-refractivity contribution in [2.45, 2.75) is 33.3 Å². The summed E-state index contributed by atoms with van der Waals surface area (Å²) in [6.07, 6.45) is -0.616. The first-order chi connectivity index (χ1) is 9.15. The highest BCUT2D eigenvalue weighted by Crippen LogP contribution is 2.22. The van der Waals surface area contributed by atoms with Crippen molar-refractivity contribution in [2.24, 2.45) is 0 Å². The average Bonchev–Trinajstić information content (AvgIpc) is 2.71. The number of amides is 1. The summed E-state index contributed by atoms with van der Waals surface area (Å²) in [7, 11) is -1.80. The lowest BCUT2D eigenvalue weighted by Gasteiger charge is -2.24. The normalized spacial score (nSPS) is 15.4. The van der Waals surface area contributed by atoms with Crippen LogP contribution in [0.5, 0.6) is 0 Å². The second kappa shape index (κ2) is 6.28. The minimum atomic E-state index is -1.80. The van der Waals surface area contributed by atoms with Crippen molar-refractivity contribution in [1.82, 2.24) is 4.90 Å². The fraction of sp³-hybridized carbons (Fsp3) is 0.667. The van der Waals surface area contributed by atoms with Gasteiger partial charge in [0.05, 0.1) is 18.7 Å². The van der Waals surface area contributed by atoms with E-state index < -0.39 is 24.8 Å². The summed E-state index contributed by atoms with van der Waals surface area (Å²) in [4.78, 5) is 24.9. The van der Waals surface area contributed by atoms with Crippen LogP contribution < -0.4 is 0 Å². The van der Waals surface area contributed by atoms with Crippen LogP contribution in [0.2, 0.25) is 0 Å². The summed E-state index contributed by atoms with van der Waals surface area (Å²) < 4.78 is 10.0. The molecule has 112 valence electrons. The summed E-state index contributed by atoms with van der Waals surface area (Å²) in [5.41, 5.74) is -0.510. The maximum absolute atomic E-state index is 11.9. The molecule has 0 radical (unpaired) electrons. The number of ether oxygens (including phenoxy) is 2. The molecule has 0 aromatic heterocycles. The summed E-state index contributed by atoms with van der Waals surface area (Å²) in [6.45, 7) is 6.87. The van der Waals surface area contributed by atoms with E-state index in [1.807, 2.05) is 0 Å². The molecule has 1 aliphatic rings. The van der Waals surface area contributed by atoms with Crippen molar-refractivity contribution >= 4 is 19.2 Å². The van der Waals surface area contributed by atoms with Gasteiger partial charge in [0.2, 0.25) is 0 Å². The van der Waals surface area contributed by atoms with Gasteiger partial charge in [-0.1, -0.05) is 0 Å². The lowest BCUT2D eigenvalue weighted by molar-refractivity contribution is -0.138. The number of rotatable bonds is 3. The van der Waals surface area contributed by atoms with Crippen molar-refractivity contribution < 1.29 is 29.1 Å². The van der Waals surface area contributed by atoms with Crippen molar-refractivity contribution in [3.8, 4) is 0 Å². The summed E-state index contributed by atoms with van der Waals surface area (Å²) in [5, 5.41) is 18.6. The fourth-order valence-electron chi connectivity index (χ4n) is 1.76. The molecule has 0 spiro atoms. The largest absolute Gasteiger partial charge is 0.486 e. The van der Waals surface area contributed by atoms with Gasteiger partial charge in [-0.25, -0.2) is 9.59 Å². The zero-order valence-electron chi connectivity index (χ0n) is 12.2. The molecule has 1 aliphatic heterocycles. The Morgan fingerprint density at radius 1 is 1.30 bits per heavy atom. The maximum Gasteiger partial charge on any atom is 0.486 e. The van der Waals surface area contributed by atoms with Gasteiger partial charge < -0.3 is 24.4 Å². The van der Waals surface area contributed by atoms with Crippen LogP contribution in [0.15, 0.2) is 11.0 Å². The maximum atomic E-state index is 11.9. The summed E-state index contributed by atoms with van der Waals surface area (Å²) in [5.74, 6) is -0.651. The number of hydrogen-bond donors (Lipinski definition) is 2. The zero-order chi connectivity index (χ0) is 15.5. The molecule has 0 atom stereocenters. The monoisotopic (exact) mass is 285 g/mol. The molecule has 0 aliphatic carbocycles. The van der Waals surface area contributed by atoms with E-state index in [0.717, 1.165) is 0 Å². The highest BCUT2D eigenvalue weighted by atomic mass is 16.6. The Morgan fingerprint density at radius 3 is 2.35 bits per heavy atom. The number of carbonyl (C=O) groups excluding carboxylic acids is 2. The molecule has 7 nitrogen and oxygen atoms in total. The summed E-state index contributed by atoms with van der Waals surface area (Å²) in [6, 6.07) is 0. The molecule has 2 N–H and O–H groups in total. The molecule has 0 saturated heterocycles. The first kappa shape index (κ1) is 16.5. The quantitative estimate of drug-likeness (QED) is 0.564. The van der Waals surface area contributed by atoms with Crippen LogP contribution >= 0.6 is 0 Å². The van der Waals surface area contributed by atoms with Crippen LogP contribution in [0.25, 0.3) is 0 Å². The Bertz CT molecular complexity index is 426. The number of esters is 1. The molecule has 1 rings (SSSR count). The van der Waals surface area contributed by atoms with E-state index >= 15 is 0 Å². The van der Waals surface area contributed by atoms with Gasteiger partial charge in [0.25, 0.3) is 0 Å². The lowest BCUT2D eigenvalue weighted by atomic mass is 9.77. The molecule has 1 amide bonds. The van der Waals surface area contributed by atoms with Crippen molar-refractivity contribution in [2.75, 3.05) is 19.7 Å². The van der Waals surface area contributed by atoms with E-state index in [9.17, 15) is 19.6 Å². The molecule has 0 unspecified atom stereocenters. The van der Waals surface area contributed by atoms with E-state index in [2.05, 4.69) is 0 Å². The SMILES string of the molecule is CCOC(=O)C1=C(B(O)O)CN(C(=O)OC(C)(C)C)C1. The van der Waals surface area contributed by atoms with Crippen molar-refractivity contribution in [3.63, 3.8) is 0 Å². The Balaban J connectivity index is 2.82. The van der Waals surface area contributed by atoms with E-state index in [-0.39, 0.29) is 30.7 Å². The third-order valence-electron chi connectivity index (χ3n) is 2.58. The Morgan fingerprint density at radius 2 is 1.90 bits per heavy atom. The highest BCUT2D eigenvalue weighted by Gasteiger charge is 2.37. The molecule has 1 heterocycles. The second-order valence-corrected chi connectivity index (χ2v) is 5.43. The van der Waals surface area contributed by atoms with Gasteiger partial charge in [-0.2, -0.15) is 0 Å². The van der Waals surface area contributed by atoms with E-state index in [4.69, 9.17) is 9.47 Å².